The van der Waals surface area contributed by atoms with Gasteiger partial charge >= 0.3 is 5.97 Å². The lowest BCUT2D eigenvalue weighted by atomic mass is 9.96. The normalized spacial score (nSPS) is 11.8. The van der Waals surface area contributed by atoms with Crippen molar-refractivity contribution in [1.82, 2.24) is 4.98 Å². The lowest BCUT2D eigenvalue weighted by molar-refractivity contribution is 0.0313. The number of pyridine rings is 1. The Morgan fingerprint density at radius 1 is 1.05 bits per heavy atom. The van der Waals surface area contributed by atoms with E-state index >= 15 is 0 Å². The predicted molar refractivity (Wildman–Crippen MR) is 84.1 cm³/mol. The van der Waals surface area contributed by atoms with Gasteiger partial charge in [-0.2, -0.15) is 0 Å². The Balaban J connectivity index is 2.16. The summed E-state index contributed by atoms with van der Waals surface area (Å²) in [5.41, 5.74) is 3.83. The van der Waals surface area contributed by atoms with Crippen molar-refractivity contribution in [3.63, 3.8) is 0 Å². The van der Waals surface area contributed by atoms with E-state index in [0.29, 0.717) is 5.56 Å². The number of Topliss-reactive ketones (excluding diaryl/α,β-unsaturated/α-hetero) is 1. The first-order valence-corrected chi connectivity index (χ1v) is 7.14. The molecule has 1 atom stereocenters. The molecule has 0 bridgehead atoms. The number of carbonyl (C=O) groups excluding carboxylic acids is 2. The number of rotatable bonds is 4. The zero-order valence-electron chi connectivity index (χ0n) is 13.2. The SMILES string of the molecule is Cc1cc(C)c(C(=O)[C@@H](C)OC(=O)c2ccccn2)cc1C. The largest absolute Gasteiger partial charge is 0.450 e. The fraction of sp³-hybridized carbons (Fsp3) is 0.278. The molecular weight excluding hydrogens is 278 g/mol. The second-order valence-electron chi connectivity index (χ2n) is 5.38. The van der Waals surface area contributed by atoms with E-state index in [0.717, 1.165) is 16.7 Å². The Morgan fingerprint density at radius 2 is 1.73 bits per heavy atom. The smallest absolute Gasteiger partial charge is 0.357 e. The number of benzene rings is 1. The minimum atomic E-state index is -0.852. The highest BCUT2D eigenvalue weighted by Gasteiger charge is 2.22. The number of hydrogen-bond acceptors (Lipinski definition) is 4. The van der Waals surface area contributed by atoms with Crippen LogP contribution in [0.5, 0.6) is 0 Å². The van der Waals surface area contributed by atoms with Crippen molar-refractivity contribution in [2.24, 2.45) is 0 Å². The predicted octanol–water partition coefficient (Wildman–Crippen LogP) is 3.44. The highest BCUT2D eigenvalue weighted by molar-refractivity contribution is 6.02. The summed E-state index contributed by atoms with van der Waals surface area (Å²) in [6, 6.07) is 8.78. The summed E-state index contributed by atoms with van der Waals surface area (Å²) in [5.74, 6) is -0.798. The van der Waals surface area contributed by atoms with Crippen LogP contribution in [0, 0.1) is 20.8 Å². The Bertz CT molecular complexity index is 708. The molecule has 2 aromatic rings. The minimum absolute atomic E-state index is 0.193. The van der Waals surface area contributed by atoms with Crippen LogP contribution in [0.2, 0.25) is 0 Å². The fourth-order valence-electron chi connectivity index (χ4n) is 2.20. The van der Waals surface area contributed by atoms with Crippen LogP contribution in [-0.4, -0.2) is 22.8 Å². The quantitative estimate of drug-likeness (QED) is 0.641. The number of hydrogen-bond donors (Lipinski definition) is 0. The van der Waals surface area contributed by atoms with E-state index in [-0.39, 0.29) is 11.5 Å². The van der Waals surface area contributed by atoms with Gasteiger partial charge in [-0.15, -0.1) is 0 Å². The molecule has 22 heavy (non-hydrogen) atoms. The first kappa shape index (κ1) is 15.9. The molecule has 0 aliphatic heterocycles. The van der Waals surface area contributed by atoms with Crippen molar-refractivity contribution >= 4 is 11.8 Å². The highest BCUT2D eigenvalue weighted by Crippen LogP contribution is 2.18. The molecule has 0 N–H and O–H groups in total. The van der Waals surface area contributed by atoms with E-state index in [1.54, 1.807) is 25.1 Å². The summed E-state index contributed by atoms with van der Waals surface area (Å²) in [6.07, 6.45) is 0.659. The van der Waals surface area contributed by atoms with Crippen LogP contribution in [0.25, 0.3) is 0 Å². The number of aryl methyl sites for hydroxylation is 3. The van der Waals surface area contributed by atoms with Crippen molar-refractivity contribution in [1.29, 1.82) is 0 Å². The van der Waals surface area contributed by atoms with Gasteiger partial charge in [-0.05, 0) is 62.6 Å². The van der Waals surface area contributed by atoms with E-state index in [4.69, 9.17) is 4.74 Å². The second-order valence-corrected chi connectivity index (χ2v) is 5.38. The summed E-state index contributed by atoms with van der Waals surface area (Å²) in [5, 5.41) is 0. The zero-order valence-corrected chi connectivity index (χ0v) is 13.2. The van der Waals surface area contributed by atoms with Gasteiger partial charge in [0.1, 0.15) is 5.69 Å². The molecule has 1 aromatic heterocycles. The molecule has 0 radical (unpaired) electrons. The monoisotopic (exact) mass is 297 g/mol. The standard InChI is InChI=1S/C18H19NO3/c1-11-9-13(3)15(10-12(11)2)17(20)14(4)22-18(21)16-7-5-6-8-19-16/h5-10,14H,1-4H3/t14-/m1/s1. The molecule has 0 amide bonds. The van der Waals surface area contributed by atoms with Gasteiger partial charge in [-0.1, -0.05) is 12.1 Å². The number of esters is 1. The number of carbonyl (C=O) groups is 2. The first-order valence-electron chi connectivity index (χ1n) is 7.14. The Labute approximate surface area is 130 Å². The summed E-state index contributed by atoms with van der Waals surface area (Å²) < 4.78 is 5.23. The van der Waals surface area contributed by atoms with Crippen molar-refractivity contribution in [2.45, 2.75) is 33.8 Å². The minimum Gasteiger partial charge on any atom is -0.450 e. The van der Waals surface area contributed by atoms with E-state index in [2.05, 4.69) is 4.98 Å². The summed E-state index contributed by atoms with van der Waals surface area (Å²) in [6.45, 7) is 7.42. The molecule has 4 nitrogen and oxygen atoms in total. The number of aromatic nitrogens is 1. The van der Waals surface area contributed by atoms with Crippen LogP contribution in [0.15, 0.2) is 36.5 Å². The van der Waals surface area contributed by atoms with Gasteiger partial charge in [0, 0.05) is 11.8 Å². The lowest BCUT2D eigenvalue weighted by Crippen LogP contribution is -2.25. The van der Waals surface area contributed by atoms with Gasteiger partial charge in [0.15, 0.2) is 6.10 Å². The van der Waals surface area contributed by atoms with Crippen LogP contribution in [0.3, 0.4) is 0 Å². The van der Waals surface area contributed by atoms with E-state index < -0.39 is 12.1 Å². The molecule has 2 rings (SSSR count). The molecule has 0 saturated carbocycles. The molecule has 0 aliphatic rings. The van der Waals surface area contributed by atoms with Gasteiger partial charge in [-0.25, -0.2) is 9.78 Å². The van der Waals surface area contributed by atoms with Crippen LogP contribution in [-0.2, 0) is 4.74 Å². The summed E-state index contributed by atoms with van der Waals surface area (Å²) >= 11 is 0. The molecule has 0 fully saturated rings. The topological polar surface area (TPSA) is 56.3 Å². The molecule has 0 spiro atoms. The Morgan fingerprint density at radius 3 is 2.36 bits per heavy atom. The maximum absolute atomic E-state index is 12.5. The van der Waals surface area contributed by atoms with Crippen molar-refractivity contribution in [3.05, 3.63) is 64.5 Å². The van der Waals surface area contributed by atoms with Crippen molar-refractivity contribution < 1.29 is 14.3 Å². The number of nitrogens with zero attached hydrogens (tertiary/aromatic N) is 1. The number of ketones is 1. The first-order chi connectivity index (χ1) is 10.4. The lowest BCUT2D eigenvalue weighted by Gasteiger charge is -2.15. The van der Waals surface area contributed by atoms with Crippen molar-refractivity contribution in [3.8, 4) is 0 Å². The molecule has 4 heteroatoms. The maximum Gasteiger partial charge on any atom is 0.357 e. The van der Waals surface area contributed by atoms with Crippen molar-refractivity contribution in [2.75, 3.05) is 0 Å². The summed E-state index contributed by atoms with van der Waals surface area (Å²) in [7, 11) is 0. The molecule has 0 saturated heterocycles. The number of ether oxygens (including phenoxy) is 1. The van der Waals surface area contributed by atoms with Gasteiger partial charge < -0.3 is 4.74 Å². The molecule has 114 valence electrons. The van der Waals surface area contributed by atoms with Crippen LogP contribution >= 0.6 is 0 Å². The average molecular weight is 297 g/mol. The van der Waals surface area contributed by atoms with Crippen LogP contribution in [0.4, 0.5) is 0 Å². The molecule has 0 aliphatic carbocycles. The van der Waals surface area contributed by atoms with Crippen LogP contribution in [0.1, 0.15) is 44.5 Å². The Kier molecular flexibility index (Phi) is 4.71. The summed E-state index contributed by atoms with van der Waals surface area (Å²) in [4.78, 5) is 28.4. The van der Waals surface area contributed by atoms with E-state index in [1.165, 1.54) is 6.20 Å². The van der Waals surface area contributed by atoms with Gasteiger partial charge in [0.05, 0.1) is 0 Å². The van der Waals surface area contributed by atoms with Gasteiger partial charge in [-0.3, -0.25) is 4.79 Å². The van der Waals surface area contributed by atoms with E-state index in [1.807, 2.05) is 32.9 Å². The third-order valence-electron chi connectivity index (χ3n) is 3.63. The molecule has 0 unspecified atom stereocenters. The van der Waals surface area contributed by atoms with E-state index in [9.17, 15) is 9.59 Å². The second kappa shape index (κ2) is 6.52. The fourth-order valence-corrected chi connectivity index (χ4v) is 2.20. The molecule has 1 heterocycles. The maximum atomic E-state index is 12.5. The Hall–Kier alpha value is -2.49. The van der Waals surface area contributed by atoms with Gasteiger partial charge in [0.2, 0.25) is 5.78 Å². The highest BCUT2D eigenvalue weighted by atomic mass is 16.5. The zero-order chi connectivity index (χ0) is 16.3. The molecular formula is C18H19NO3. The average Bonchev–Trinajstić information content (AvgIpc) is 2.51. The van der Waals surface area contributed by atoms with Crippen LogP contribution < -0.4 is 0 Å². The molecule has 1 aromatic carbocycles. The third-order valence-corrected chi connectivity index (χ3v) is 3.63. The third kappa shape index (κ3) is 3.39. The van der Waals surface area contributed by atoms with Gasteiger partial charge in [0.25, 0.3) is 0 Å².